The van der Waals surface area contributed by atoms with Crippen molar-refractivity contribution < 1.29 is 33.6 Å². The minimum Gasteiger partial charge on any atom is -0.462 e. The van der Waals surface area contributed by atoms with Crippen molar-refractivity contribution in [3.8, 4) is 16.9 Å². The Morgan fingerprint density at radius 3 is 2.50 bits per heavy atom. The van der Waals surface area contributed by atoms with Crippen molar-refractivity contribution in [1.82, 2.24) is 5.32 Å². The van der Waals surface area contributed by atoms with Gasteiger partial charge >= 0.3 is 0 Å². The number of carbonyl (C=O) groups excluding carboxylic acids is 1. The number of methoxy groups -OCH3 is 1. The molecule has 8 heteroatoms. The number of carbonyl (C=O) groups is 1. The molecule has 1 heterocycles. The lowest BCUT2D eigenvalue weighted by molar-refractivity contribution is -0.279. The van der Waals surface area contributed by atoms with Gasteiger partial charge in [-0.1, -0.05) is 48.5 Å². The molecule has 0 bridgehead atoms. The van der Waals surface area contributed by atoms with E-state index in [9.17, 15) is 19.4 Å². The zero-order chi connectivity index (χ0) is 25.7. The SMILES string of the molecule is CO[C@@H]1[C@@H](O)[C@@H](O)[C@@H](Oc2ccc(CCNC(C)=O)c(-c3cccc(F)c3)c2)O[C@@H]1c1ccccc1. The normalized spacial score (nSPS) is 23.8. The van der Waals surface area contributed by atoms with Gasteiger partial charge < -0.3 is 29.7 Å². The lowest BCUT2D eigenvalue weighted by Crippen LogP contribution is -2.56. The summed E-state index contributed by atoms with van der Waals surface area (Å²) in [5.41, 5.74) is 3.02. The second-order valence-corrected chi connectivity index (χ2v) is 8.70. The number of benzene rings is 3. The van der Waals surface area contributed by atoms with Crippen LogP contribution in [0.4, 0.5) is 4.39 Å². The van der Waals surface area contributed by atoms with Crippen molar-refractivity contribution in [2.45, 2.75) is 44.1 Å². The molecule has 0 spiro atoms. The molecule has 1 saturated heterocycles. The minimum absolute atomic E-state index is 0.133. The number of aliphatic hydroxyl groups is 2. The van der Waals surface area contributed by atoms with Gasteiger partial charge in [0.15, 0.2) is 0 Å². The molecule has 0 aliphatic carbocycles. The third-order valence-corrected chi connectivity index (χ3v) is 6.18. The summed E-state index contributed by atoms with van der Waals surface area (Å²) in [7, 11) is 1.45. The fraction of sp³-hybridized carbons (Fsp3) is 0.321. The molecule has 190 valence electrons. The number of halogens is 1. The summed E-state index contributed by atoms with van der Waals surface area (Å²) in [5, 5.41) is 24.3. The predicted molar refractivity (Wildman–Crippen MR) is 132 cm³/mol. The van der Waals surface area contributed by atoms with Gasteiger partial charge in [-0.2, -0.15) is 0 Å². The highest BCUT2D eigenvalue weighted by Crippen LogP contribution is 2.36. The predicted octanol–water partition coefficient (Wildman–Crippen LogP) is 3.38. The Kier molecular flexibility index (Phi) is 8.32. The third-order valence-electron chi connectivity index (χ3n) is 6.18. The van der Waals surface area contributed by atoms with E-state index in [2.05, 4.69) is 5.32 Å². The Balaban J connectivity index is 1.62. The lowest BCUT2D eigenvalue weighted by Gasteiger charge is -2.42. The molecule has 0 aromatic heterocycles. The van der Waals surface area contributed by atoms with E-state index in [1.807, 2.05) is 36.4 Å². The van der Waals surface area contributed by atoms with Crippen LogP contribution in [0.5, 0.6) is 5.75 Å². The first-order valence-corrected chi connectivity index (χ1v) is 11.8. The molecular formula is C28H30FNO6. The molecule has 4 rings (SSSR count). The molecule has 1 aliphatic rings. The fourth-order valence-corrected chi connectivity index (χ4v) is 4.39. The van der Waals surface area contributed by atoms with Crippen molar-refractivity contribution in [3.63, 3.8) is 0 Å². The summed E-state index contributed by atoms with van der Waals surface area (Å²) in [6.45, 7) is 1.87. The molecule has 7 nitrogen and oxygen atoms in total. The van der Waals surface area contributed by atoms with E-state index in [-0.39, 0.29) is 11.7 Å². The average Bonchev–Trinajstić information content (AvgIpc) is 2.87. The van der Waals surface area contributed by atoms with Crippen LogP contribution in [0.3, 0.4) is 0 Å². The van der Waals surface area contributed by atoms with E-state index in [0.29, 0.717) is 24.3 Å². The second kappa shape index (κ2) is 11.6. The molecule has 5 atom stereocenters. The van der Waals surface area contributed by atoms with Crippen LogP contribution >= 0.6 is 0 Å². The highest BCUT2D eigenvalue weighted by Gasteiger charge is 2.46. The van der Waals surface area contributed by atoms with Crippen molar-refractivity contribution in [2.24, 2.45) is 0 Å². The quantitative estimate of drug-likeness (QED) is 0.443. The molecule has 1 aliphatic heterocycles. The van der Waals surface area contributed by atoms with Crippen molar-refractivity contribution in [3.05, 3.63) is 89.7 Å². The monoisotopic (exact) mass is 495 g/mol. The summed E-state index contributed by atoms with van der Waals surface area (Å²) in [5.74, 6) is -0.139. The lowest BCUT2D eigenvalue weighted by atomic mass is 9.93. The Hall–Kier alpha value is -3.30. The van der Waals surface area contributed by atoms with Crippen molar-refractivity contribution >= 4 is 5.91 Å². The van der Waals surface area contributed by atoms with Gasteiger partial charge in [0.25, 0.3) is 0 Å². The van der Waals surface area contributed by atoms with Gasteiger partial charge in [0.2, 0.25) is 12.2 Å². The minimum atomic E-state index is -1.37. The number of aliphatic hydroxyl groups excluding tert-OH is 2. The number of ether oxygens (including phenoxy) is 3. The number of rotatable bonds is 8. The maximum Gasteiger partial charge on any atom is 0.229 e. The smallest absolute Gasteiger partial charge is 0.229 e. The number of hydrogen-bond acceptors (Lipinski definition) is 6. The molecule has 3 aromatic rings. The highest BCUT2D eigenvalue weighted by atomic mass is 19.1. The molecule has 1 amide bonds. The average molecular weight is 496 g/mol. The standard InChI is InChI=1S/C28H30FNO6/c1-17(31)30-14-13-18-11-12-22(16-23(18)20-9-6-10-21(29)15-20)35-28-25(33)24(32)27(34-2)26(36-28)19-7-4-3-5-8-19/h3-12,15-16,24-28,32-33H,13-14H2,1-2H3,(H,30,31)/t24-,25+,26+,27+,28-/m0/s1. The van der Waals surface area contributed by atoms with Gasteiger partial charge in [0, 0.05) is 20.6 Å². The number of hydrogen-bond donors (Lipinski definition) is 3. The fourth-order valence-electron chi connectivity index (χ4n) is 4.39. The molecule has 36 heavy (non-hydrogen) atoms. The summed E-state index contributed by atoms with van der Waals surface area (Å²) in [4.78, 5) is 11.3. The maximum absolute atomic E-state index is 14.0. The van der Waals surface area contributed by atoms with E-state index < -0.39 is 30.7 Å². The first kappa shape index (κ1) is 25.8. The Morgan fingerprint density at radius 1 is 1.03 bits per heavy atom. The van der Waals surface area contributed by atoms with Crippen LogP contribution in [0, 0.1) is 5.82 Å². The van der Waals surface area contributed by atoms with Crippen molar-refractivity contribution in [1.29, 1.82) is 0 Å². The first-order chi connectivity index (χ1) is 17.4. The van der Waals surface area contributed by atoms with Gasteiger partial charge in [-0.05, 0) is 52.9 Å². The van der Waals surface area contributed by atoms with Crippen LogP contribution in [0.2, 0.25) is 0 Å². The maximum atomic E-state index is 14.0. The Bertz CT molecular complexity index is 1170. The summed E-state index contributed by atoms with van der Waals surface area (Å²) >= 11 is 0. The van der Waals surface area contributed by atoms with Gasteiger partial charge in [-0.15, -0.1) is 0 Å². The van der Waals surface area contributed by atoms with E-state index in [1.54, 1.807) is 24.3 Å². The molecule has 3 aromatic carbocycles. The molecule has 0 unspecified atom stereocenters. The molecule has 0 radical (unpaired) electrons. The van der Waals surface area contributed by atoms with Crippen LogP contribution < -0.4 is 10.1 Å². The first-order valence-electron chi connectivity index (χ1n) is 11.8. The largest absolute Gasteiger partial charge is 0.462 e. The van der Waals surface area contributed by atoms with E-state index in [1.165, 1.54) is 26.2 Å². The zero-order valence-corrected chi connectivity index (χ0v) is 20.1. The van der Waals surface area contributed by atoms with Crippen LogP contribution in [0.25, 0.3) is 11.1 Å². The Morgan fingerprint density at radius 2 is 1.81 bits per heavy atom. The van der Waals surface area contributed by atoms with Crippen LogP contribution in [-0.4, -0.2) is 54.4 Å². The zero-order valence-electron chi connectivity index (χ0n) is 20.1. The molecule has 0 saturated carbocycles. The van der Waals surface area contributed by atoms with Crippen LogP contribution in [0.15, 0.2) is 72.8 Å². The summed E-state index contributed by atoms with van der Waals surface area (Å²) in [6, 6.07) is 20.8. The van der Waals surface area contributed by atoms with E-state index in [0.717, 1.165) is 16.7 Å². The molecule has 1 fully saturated rings. The second-order valence-electron chi connectivity index (χ2n) is 8.70. The van der Waals surface area contributed by atoms with Gasteiger partial charge in [0.05, 0.1) is 0 Å². The molecular weight excluding hydrogens is 465 g/mol. The molecule has 3 N–H and O–H groups in total. The van der Waals surface area contributed by atoms with Crippen LogP contribution in [-0.2, 0) is 20.7 Å². The van der Waals surface area contributed by atoms with E-state index in [4.69, 9.17) is 14.2 Å². The van der Waals surface area contributed by atoms with Crippen molar-refractivity contribution in [2.75, 3.05) is 13.7 Å². The summed E-state index contributed by atoms with van der Waals surface area (Å²) in [6.07, 6.45) is -4.73. The van der Waals surface area contributed by atoms with Gasteiger partial charge in [-0.25, -0.2) is 4.39 Å². The van der Waals surface area contributed by atoms with Gasteiger partial charge in [0.1, 0.15) is 36.0 Å². The summed E-state index contributed by atoms with van der Waals surface area (Å²) < 4.78 is 31.6. The third kappa shape index (κ3) is 5.91. The highest BCUT2D eigenvalue weighted by molar-refractivity contribution is 5.73. The number of nitrogens with one attached hydrogen (secondary N) is 1. The topological polar surface area (TPSA) is 97.3 Å². The van der Waals surface area contributed by atoms with Gasteiger partial charge in [-0.3, -0.25) is 4.79 Å². The van der Waals surface area contributed by atoms with E-state index >= 15 is 0 Å². The van der Waals surface area contributed by atoms with Crippen LogP contribution in [0.1, 0.15) is 24.2 Å². The number of amides is 1. The Labute approximate surface area is 209 Å².